The first-order chi connectivity index (χ1) is 13.6. The number of likely N-dealkylation sites (N-methyl/N-ethyl adjacent to an activating group) is 1. The molecule has 0 radical (unpaired) electrons. The monoisotopic (exact) mass is 383 g/mol. The maximum Gasteiger partial charge on any atom is 0.255 e. The number of benzene rings is 1. The lowest BCUT2D eigenvalue weighted by molar-refractivity contribution is -0.155. The number of carbonyl (C=O) groups is 2. The molecule has 7 heteroatoms. The summed E-state index contributed by atoms with van der Waals surface area (Å²) in [5.41, 5.74) is 1.53. The fraction of sp³-hybridized carbons (Fsp3) is 0.381. The predicted octanol–water partition coefficient (Wildman–Crippen LogP) is 1.16. The average molecular weight is 383 g/mol. The number of nitrogens with zero attached hydrogens (tertiary/aromatic N) is 3. The van der Waals surface area contributed by atoms with Crippen molar-refractivity contribution in [3.8, 4) is 0 Å². The van der Waals surface area contributed by atoms with Crippen LogP contribution in [0.25, 0.3) is 0 Å². The summed E-state index contributed by atoms with van der Waals surface area (Å²) < 4.78 is 5.00. The smallest absolute Gasteiger partial charge is 0.255 e. The second-order valence-electron chi connectivity index (χ2n) is 6.92. The highest BCUT2D eigenvalue weighted by molar-refractivity contribution is 5.93. The van der Waals surface area contributed by atoms with Crippen LogP contribution >= 0.6 is 0 Å². The zero-order valence-electron chi connectivity index (χ0n) is 16.1. The summed E-state index contributed by atoms with van der Waals surface area (Å²) in [4.78, 5) is 32.5. The second-order valence-corrected chi connectivity index (χ2v) is 6.92. The van der Waals surface area contributed by atoms with E-state index in [1.807, 2.05) is 30.3 Å². The molecular weight excluding hydrogens is 358 g/mol. The lowest BCUT2D eigenvalue weighted by Gasteiger charge is -2.55. The molecule has 1 N–H and O–H groups in total. The molecule has 1 aliphatic heterocycles. The molecule has 7 nitrogen and oxygen atoms in total. The third kappa shape index (κ3) is 3.90. The lowest BCUT2D eigenvalue weighted by atomic mass is 9.74. The van der Waals surface area contributed by atoms with E-state index in [1.165, 1.54) is 13.3 Å². The number of pyridine rings is 1. The Hall–Kier alpha value is -2.77. The number of aliphatic hydroxyl groups excluding tert-OH is 1. The molecule has 1 aromatic carbocycles. The van der Waals surface area contributed by atoms with Gasteiger partial charge in [-0.2, -0.15) is 0 Å². The Morgan fingerprint density at radius 3 is 2.54 bits per heavy atom. The van der Waals surface area contributed by atoms with E-state index >= 15 is 0 Å². The number of likely N-dealkylation sites (tertiary alicyclic amines) is 1. The third-order valence-electron chi connectivity index (χ3n) is 5.19. The van der Waals surface area contributed by atoms with Crippen molar-refractivity contribution >= 4 is 11.8 Å². The van der Waals surface area contributed by atoms with Crippen LogP contribution in [-0.2, 0) is 9.53 Å². The highest BCUT2D eigenvalue weighted by atomic mass is 16.5. The van der Waals surface area contributed by atoms with Gasteiger partial charge in [0.15, 0.2) is 0 Å². The van der Waals surface area contributed by atoms with Crippen molar-refractivity contribution in [2.75, 3.05) is 33.9 Å². The van der Waals surface area contributed by atoms with Gasteiger partial charge >= 0.3 is 0 Å². The summed E-state index contributed by atoms with van der Waals surface area (Å²) in [6.07, 6.45) is 3.14. The van der Waals surface area contributed by atoms with E-state index in [-0.39, 0.29) is 43.0 Å². The SMILES string of the molecule is COCC(=O)N1[C@H](CN(C)C(=O)c2cccnc2)[C@@H](c2ccccc2)[C@@H]1CO. The van der Waals surface area contributed by atoms with E-state index in [4.69, 9.17) is 4.74 Å². The van der Waals surface area contributed by atoms with Gasteiger partial charge in [0.2, 0.25) is 5.91 Å². The Kier molecular flexibility index (Phi) is 6.38. The quantitative estimate of drug-likeness (QED) is 0.776. The molecular formula is C21H25N3O4. The minimum atomic E-state index is -0.336. The van der Waals surface area contributed by atoms with Crippen LogP contribution in [0.3, 0.4) is 0 Å². The van der Waals surface area contributed by atoms with Gasteiger partial charge in [0.25, 0.3) is 5.91 Å². The molecule has 0 aliphatic carbocycles. The largest absolute Gasteiger partial charge is 0.394 e. The fourth-order valence-electron chi connectivity index (χ4n) is 3.91. The van der Waals surface area contributed by atoms with Crippen LogP contribution in [0.2, 0.25) is 0 Å². The normalized spacial score (nSPS) is 21.1. The third-order valence-corrected chi connectivity index (χ3v) is 5.19. The first kappa shape index (κ1) is 20.0. The molecule has 2 amide bonds. The van der Waals surface area contributed by atoms with Gasteiger partial charge in [0, 0.05) is 39.0 Å². The number of amides is 2. The van der Waals surface area contributed by atoms with Crippen LogP contribution < -0.4 is 0 Å². The van der Waals surface area contributed by atoms with Gasteiger partial charge in [0.1, 0.15) is 6.61 Å². The number of aliphatic hydroxyl groups is 1. The number of carbonyl (C=O) groups excluding carboxylic acids is 2. The Morgan fingerprint density at radius 1 is 1.18 bits per heavy atom. The molecule has 1 saturated heterocycles. The molecule has 0 saturated carbocycles. The zero-order chi connectivity index (χ0) is 20.1. The highest BCUT2D eigenvalue weighted by Gasteiger charge is 2.51. The molecule has 3 atom stereocenters. The van der Waals surface area contributed by atoms with Gasteiger partial charge in [0.05, 0.1) is 24.3 Å². The van der Waals surface area contributed by atoms with E-state index < -0.39 is 0 Å². The molecule has 1 aromatic heterocycles. The standard InChI is InChI=1S/C21H25N3O4/c1-23(21(27)16-9-6-10-22-11-16)12-17-20(15-7-4-3-5-8-15)18(13-25)24(17)19(26)14-28-2/h3-11,17-18,20,25H,12-14H2,1-2H3/t17-,18+,20-/m1/s1. The number of ether oxygens (including phenoxy) is 1. The highest BCUT2D eigenvalue weighted by Crippen LogP contribution is 2.41. The number of hydrogen-bond donors (Lipinski definition) is 1. The minimum Gasteiger partial charge on any atom is -0.394 e. The average Bonchev–Trinajstić information content (AvgIpc) is 2.71. The first-order valence-electron chi connectivity index (χ1n) is 9.19. The summed E-state index contributed by atoms with van der Waals surface area (Å²) in [7, 11) is 3.18. The number of aromatic nitrogens is 1. The molecule has 1 fully saturated rings. The van der Waals surface area contributed by atoms with Gasteiger partial charge in [-0.25, -0.2) is 0 Å². The van der Waals surface area contributed by atoms with E-state index in [9.17, 15) is 14.7 Å². The van der Waals surface area contributed by atoms with Crippen molar-refractivity contribution < 1.29 is 19.4 Å². The van der Waals surface area contributed by atoms with Gasteiger partial charge < -0.3 is 19.6 Å². The van der Waals surface area contributed by atoms with E-state index in [2.05, 4.69) is 4.98 Å². The molecule has 1 aliphatic rings. The van der Waals surface area contributed by atoms with Gasteiger partial charge in [-0.3, -0.25) is 14.6 Å². The number of rotatable bonds is 7. The van der Waals surface area contributed by atoms with Crippen LogP contribution in [0, 0.1) is 0 Å². The van der Waals surface area contributed by atoms with Crippen LogP contribution in [0.15, 0.2) is 54.9 Å². The Bertz CT molecular complexity index is 800. The van der Waals surface area contributed by atoms with E-state index in [0.29, 0.717) is 12.1 Å². The van der Waals surface area contributed by atoms with Crippen LogP contribution in [0.4, 0.5) is 0 Å². The maximum atomic E-state index is 12.7. The Labute approximate surface area is 164 Å². The molecule has 148 valence electrons. The predicted molar refractivity (Wildman–Crippen MR) is 104 cm³/mol. The number of methoxy groups -OCH3 is 1. The van der Waals surface area contributed by atoms with Crippen LogP contribution in [-0.4, -0.2) is 77.7 Å². The molecule has 0 bridgehead atoms. The Morgan fingerprint density at radius 2 is 1.93 bits per heavy atom. The molecule has 0 spiro atoms. The molecule has 0 unspecified atom stereocenters. The first-order valence-corrected chi connectivity index (χ1v) is 9.19. The summed E-state index contributed by atoms with van der Waals surface area (Å²) in [6.45, 7) is 0.139. The number of hydrogen-bond acceptors (Lipinski definition) is 5. The topological polar surface area (TPSA) is 83.0 Å². The summed E-state index contributed by atoms with van der Waals surface area (Å²) in [5.74, 6) is -0.413. The zero-order valence-corrected chi connectivity index (χ0v) is 16.1. The summed E-state index contributed by atoms with van der Waals surface area (Å²) in [6, 6.07) is 12.6. The van der Waals surface area contributed by atoms with Gasteiger partial charge in [-0.1, -0.05) is 30.3 Å². The maximum absolute atomic E-state index is 12.7. The minimum absolute atomic E-state index is 0.0591. The van der Waals surface area contributed by atoms with Crippen molar-refractivity contribution in [2.45, 2.75) is 18.0 Å². The van der Waals surface area contributed by atoms with E-state index in [0.717, 1.165) is 5.56 Å². The molecule has 3 rings (SSSR count). The van der Waals surface area contributed by atoms with Crippen molar-refractivity contribution in [1.82, 2.24) is 14.8 Å². The van der Waals surface area contributed by atoms with Crippen molar-refractivity contribution in [1.29, 1.82) is 0 Å². The summed E-state index contributed by atoms with van der Waals surface area (Å²) in [5, 5.41) is 9.92. The van der Waals surface area contributed by atoms with Crippen molar-refractivity contribution in [3.05, 3.63) is 66.0 Å². The second kappa shape index (κ2) is 8.95. The van der Waals surface area contributed by atoms with Crippen molar-refractivity contribution in [2.24, 2.45) is 0 Å². The van der Waals surface area contributed by atoms with E-state index in [1.54, 1.807) is 35.2 Å². The Balaban J connectivity index is 1.84. The van der Waals surface area contributed by atoms with Crippen molar-refractivity contribution in [3.63, 3.8) is 0 Å². The van der Waals surface area contributed by atoms with Crippen LogP contribution in [0.5, 0.6) is 0 Å². The van der Waals surface area contributed by atoms with Crippen LogP contribution in [0.1, 0.15) is 21.8 Å². The summed E-state index contributed by atoms with van der Waals surface area (Å²) >= 11 is 0. The van der Waals surface area contributed by atoms with Gasteiger partial charge in [-0.15, -0.1) is 0 Å². The lowest BCUT2D eigenvalue weighted by Crippen LogP contribution is -2.69. The molecule has 2 heterocycles. The molecule has 2 aromatic rings. The fourth-order valence-corrected chi connectivity index (χ4v) is 3.91. The van der Waals surface area contributed by atoms with Gasteiger partial charge in [-0.05, 0) is 17.7 Å². The molecule has 28 heavy (non-hydrogen) atoms.